The number of hydrogen-bond donors (Lipinski definition) is 3. The maximum atomic E-state index is 12.3. The van der Waals surface area contributed by atoms with Crippen LogP contribution in [0.2, 0.25) is 0 Å². The lowest BCUT2D eigenvalue weighted by Crippen LogP contribution is -2.45. The Labute approximate surface area is 111 Å². The Morgan fingerprint density at radius 3 is 3.11 bits per heavy atom. The van der Waals surface area contributed by atoms with Crippen LogP contribution in [0.1, 0.15) is 36.0 Å². The molecule has 3 N–H and O–H groups in total. The van der Waals surface area contributed by atoms with E-state index in [-0.39, 0.29) is 11.9 Å². The number of carbonyl (C=O) groups is 1. The number of rotatable bonds is 2. The zero-order chi connectivity index (χ0) is 13.2. The van der Waals surface area contributed by atoms with Crippen molar-refractivity contribution in [1.82, 2.24) is 15.3 Å². The summed E-state index contributed by atoms with van der Waals surface area (Å²) in [7, 11) is 0. The third-order valence-corrected chi connectivity index (χ3v) is 3.77. The molecule has 5 nitrogen and oxygen atoms in total. The van der Waals surface area contributed by atoms with Crippen LogP contribution in [-0.2, 0) is 0 Å². The molecule has 2 aromatic heterocycles. The largest absolute Gasteiger partial charge is 0.391 e. The lowest BCUT2D eigenvalue weighted by molar-refractivity contribution is 0.0718. The summed E-state index contributed by atoms with van der Waals surface area (Å²) < 4.78 is 0. The molecule has 2 atom stereocenters. The lowest BCUT2D eigenvalue weighted by Gasteiger charge is -2.28. The molecule has 1 aliphatic rings. The number of aromatic amines is 1. The molecule has 1 aliphatic carbocycles. The number of amides is 1. The van der Waals surface area contributed by atoms with Crippen LogP contribution in [-0.4, -0.2) is 33.1 Å². The fourth-order valence-corrected chi connectivity index (χ4v) is 2.68. The fourth-order valence-electron chi connectivity index (χ4n) is 2.68. The first-order valence-electron chi connectivity index (χ1n) is 6.66. The Hall–Kier alpha value is -1.88. The molecule has 1 fully saturated rings. The summed E-state index contributed by atoms with van der Waals surface area (Å²) in [6.45, 7) is 0. The van der Waals surface area contributed by atoms with Gasteiger partial charge in [-0.3, -0.25) is 9.78 Å². The van der Waals surface area contributed by atoms with Crippen LogP contribution in [0.3, 0.4) is 0 Å². The quantitative estimate of drug-likeness (QED) is 0.766. The van der Waals surface area contributed by atoms with Crippen LogP contribution in [0.15, 0.2) is 24.7 Å². The number of carbonyl (C=O) groups excluding carboxylic acids is 1. The summed E-state index contributed by atoms with van der Waals surface area (Å²) in [5.74, 6) is -0.148. The maximum absolute atomic E-state index is 12.3. The number of H-pyrrole nitrogens is 1. The molecule has 0 saturated heterocycles. The fraction of sp³-hybridized carbons (Fsp3) is 0.429. The predicted octanol–water partition coefficient (Wildman–Crippen LogP) is 1.60. The van der Waals surface area contributed by atoms with Gasteiger partial charge < -0.3 is 15.4 Å². The lowest BCUT2D eigenvalue weighted by atomic mass is 9.92. The second kappa shape index (κ2) is 5.01. The summed E-state index contributed by atoms with van der Waals surface area (Å²) in [4.78, 5) is 19.4. The molecule has 0 aliphatic heterocycles. The van der Waals surface area contributed by atoms with E-state index in [4.69, 9.17) is 0 Å². The van der Waals surface area contributed by atoms with E-state index in [1.165, 1.54) is 0 Å². The Kier molecular flexibility index (Phi) is 3.21. The maximum Gasteiger partial charge on any atom is 0.253 e. The minimum atomic E-state index is -0.430. The summed E-state index contributed by atoms with van der Waals surface area (Å²) >= 11 is 0. The average Bonchev–Trinajstić information content (AvgIpc) is 2.85. The van der Waals surface area contributed by atoms with Crippen LogP contribution in [0.5, 0.6) is 0 Å². The molecule has 19 heavy (non-hydrogen) atoms. The molecule has 3 rings (SSSR count). The molecule has 2 aromatic rings. The van der Waals surface area contributed by atoms with E-state index in [0.717, 1.165) is 36.6 Å². The van der Waals surface area contributed by atoms with E-state index in [1.807, 2.05) is 6.07 Å². The Morgan fingerprint density at radius 1 is 1.42 bits per heavy atom. The van der Waals surface area contributed by atoms with Gasteiger partial charge in [0.1, 0.15) is 0 Å². The van der Waals surface area contributed by atoms with Crippen LogP contribution >= 0.6 is 0 Å². The SMILES string of the molecule is O=C(N[C@@H]1CCCC[C@H]1O)c1c[nH]c2ccncc12. The van der Waals surface area contributed by atoms with Crippen molar-refractivity contribution in [1.29, 1.82) is 0 Å². The van der Waals surface area contributed by atoms with E-state index >= 15 is 0 Å². The van der Waals surface area contributed by atoms with Crippen LogP contribution in [0, 0.1) is 0 Å². The molecule has 5 heteroatoms. The third-order valence-electron chi connectivity index (χ3n) is 3.77. The normalized spacial score (nSPS) is 23.4. The topological polar surface area (TPSA) is 78.0 Å². The second-order valence-electron chi connectivity index (χ2n) is 5.06. The van der Waals surface area contributed by atoms with Crippen molar-refractivity contribution in [3.05, 3.63) is 30.2 Å². The third kappa shape index (κ3) is 2.33. The highest BCUT2D eigenvalue weighted by molar-refractivity contribution is 6.06. The predicted molar refractivity (Wildman–Crippen MR) is 71.8 cm³/mol. The van der Waals surface area contributed by atoms with Gasteiger partial charge in [-0.05, 0) is 18.9 Å². The van der Waals surface area contributed by atoms with Crippen molar-refractivity contribution in [2.24, 2.45) is 0 Å². The minimum absolute atomic E-state index is 0.136. The van der Waals surface area contributed by atoms with Crippen molar-refractivity contribution in [3.8, 4) is 0 Å². The summed E-state index contributed by atoms with van der Waals surface area (Å²) in [6, 6.07) is 1.70. The standard InChI is InChI=1S/C14H17N3O2/c18-13-4-2-1-3-12(13)17-14(19)10-8-16-11-5-6-15-7-9(10)11/h5-8,12-13,16,18H,1-4H2,(H,17,19)/t12-,13-/m1/s1. The van der Waals surface area contributed by atoms with Gasteiger partial charge in [0.2, 0.25) is 0 Å². The van der Waals surface area contributed by atoms with Gasteiger partial charge in [0.25, 0.3) is 5.91 Å². The van der Waals surface area contributed by atoms with Gasteiger partial charge in [-0.1, -0.05) is 12.8 Å². The highest BCUT2D eigenvalue weighted by Gasteiger charge is 2.25. The zero-order valence-corrected chi connectivity index (χ0v) is 10.6. The first-order valence-corrected chi connectivity index (χ1v) is 6.66. The van der Waals surface area contributed by atoms with E-state index in [9.17, 15) is 9.90 Å². The molecule has 0 radical (unpaired) electrons. The van der Waals surface area contributed by atoms with Gasteiger partial charge in [0.05, 0.1) is 17.7 Å². The van der Waals surface area contributed by atoms with Crippen LogP contribution < -0.4 is 5.32 Å². The summed E-state index contributed by atoms with van der Waals surface area (Å²) in [5.41, 5.74) is 1.48. The molecular weight excluding hydrogens is 242 g/mol. The molecule has 0 aromatic carbocycles. The monoisotopic (exact) mass is 259 g/mol. The first kappa shape index (κ1) is 12.2. The molecular formula is C14H17N3O2. The highest BCUT2D eigenvalue weighted by atomic mass is 16.3. The van der Waals surface area contributed by atoms with Gasteiger partial charge >= 0.3 is 0 Å². The van der Waals surface area contributed by atoms with Crippen molar-refractivity contribution in [2.45, 2.75) is 37.8 Å². The van der Waals surface area contributed by atoms with Gasteiger partial charge in [-0.15, -0.1) is 0 Å². The number of pyridine rings is 1. The Morgan fingerprint density at radius 2 is 2.26 bits per heavy atom. The molecule has 0 bridgehead atoms. The number of aromatic nitrogens is 2. The highest BCUT2D eigenvalue weighted by Crippen LogP contribution is 2.20. The van der Waals surface area contributed by atoms with Gasteiger partial charge in [0, 0.05) is 29.5 Å². The second-order valence-corrected chi connectivity index (χ2v) is 5.06. The molecule has 1 saturated carbocycles. The molecule has 1 amide bonds. The van der Waals surface area contributed by atoms with Crippen molar-refractivity contribution in [3.63, 3.8) is 0 Å². The average molecular weight is 259 g/mol. The smallest absolute Gasteiger partial charge is 0.253 e. The number of aliphatic hydroxyl groups excluding tert-OH is 1. The van der Waals surface area contributed by atoms with Crippen LogP contribution in [0.4, 0.5) is 0 Å². The summed E-state index contributed by atoms with van der Waals surface area (Å²) in [5, 5.41) is 13.6. The number of aliphatic hydroxyl groups is 1. The molecule has 2 heterocycles. The summed E-state index contributed by atoms with van der Waals surface area (Å²) in [6.07, 6.45) is 8.32. The van der Waals surface area contributed by atoms with Crippen LogP contribution in [0.25, 0.3) is 10.9 Å². The zero-order valence-electron chi connectivity index (χ0n) is 10.6. The van der Waals surface area contributed by atoms with E-state index in [0.29, 0.717) is 5.56 Å². The van der Waals surface area contributed by atoms with Crippen molar-refractivity contribution >= 4 is 16.8 Å². The van der Waals surface area contributed by atoms with Crippen molar-refractivity contribution in [2.75, 3.05) is 0 Å². The van der Waals surface area contributed by atoms with E-state index in [1.54, 1.807) is 18.6 Å². The number of hydrogen-bond acceptors (Lipinski definition) is 3. The van der Waals surface area contributed by atoms with E-state index in [2.05, 4.69) is 15.3 Å². The van der Waals surface area contributed by atoms with Gasteiger partial charge in [0.15, 0.2) is 0 Å². The number of fused-ring (bicyclic) bond motifs is 1. The molecule has 0 spiro atoms. The minimum Gasteiger partial charge on any atom is -0.391 e. The first-order chi connectivity index (χ1) is 9.25. The number of nitrogens with one attached hydrogen (secondary N) is 2. The van der Waals surface area contributed by atoms with E-state index < -0.39 is 6.10 Å². The molecule has 0 unspecified atom stereocenters. The Bertz CT molecular complexity index is 593. The van der Waals surface area contributed by atoms with Crippen molar-refractivity contribution < 1.29 is 9.90 Å². The molecule has 100 valence electrons. The van der Waals surface area contributed by atoms with Gasteiger partial charge in [-0.25, -0.2) is 0 Å². The Balaban J connectivity index is 1.80. The van der Waals surface area contributed by atoms with Gasteiger partial charge in [-0.2, -0.15) is 0 Å². The number of nitrogens with zero attached hydrogens (tertiary/aromatic N) is 1.